The van der Waals surface area contributed by atoms with Gasteiger partial charge < -0.3 is 10.2 Å². The van der Waals surface area contributed by atoms with E-state index in [4.69, 9.17) is 0 Å². The van der Waals surface area contributed by atoms with Gasteiger partial charge >= 0.3 is 0 Å². The van der Waals surface area contributed by atoms with Gasteiger partial charge in [-0.25, -0.2) is 0 Å². The minimum atomic E-state index is -0.240. The Morgan fingerprint density at radius 2 is 2.00 bits per heavy atom. The molecule has 2 amide bonds. The third-order valence-corrected chi connectivity index (χ3v) is 1.49. The van der Waals surface area contributed by atoms with Crippen molar-refractivity contribution in [3.05, 3.63) is 0 Å². The fourth-order valence-electron chi connectivity index (χ4n) is 0.537. The van der Waals surface area contributed by atoms with Crippen molar-refractivity contribution in [2.24, 2.45) is 0 Å². The van der Waals surface area contributed by atoms with Gasteiger partial charge in [0.25, 0.3) is 0 Å². The van der Waals surface area contributed by atoms with E-state index in [9.17, 15) is 9.59 Å². The summed E-state index contributed by atoms with van der Waals surface area (Å²) in [5, 5.41) is 2.39. The van der Waals surface area contributed by atoms with Crippen LogP contribution in [0.15, 0.2) is 0 Å². The van der Waals surface area contributed by atoms with E-state index in [0.29, 0.717) is 6.54 Å². The molecule has 0 bridgehead atoms. The molecule has 0 aliphatic carbocycles. The molecular formula is C7H14N2O2. The molecular weight excluding hydrogens is 144 g/mol. The van der Waals surface area contributed by atoms with Crippen molar-refractivity contribution < 1.29 is 9.59 Å². The monoisotopic (exact) mass is 158 g/mol. The number of carbonyl (C=O) groups excluding carboxylic acids is 2. The molecule has 0 radical (unpaired) electrons. The van der Waals surface area contributed by atoms with Gasteiger partial charge in [0.1, 0.15) is 6.42 Å². The number of amides is 2. The lowest BCUT2D eigenvalue weighted by molar-refractivity contribution is -0.134. The maximum Gasteiger partial charge on any atom is 0.231 e. The predicted octanol–water partition coefficient (Wildman–Crippen LogP) is -0.399. The van der Waals surface area contributed by atoms with Crippen molar-refractivity contribution in [1.82, 2.24) is 10.2 Å². The molecule has 0 saturated heterocycles. The van der Waals surface area contributed by atoms with E-state index in [1.807, 2.05) is 6.92 Å². The van der Waals surface area contributed by atoms with Gasteiger partial charge in [0.05, 0.1) is 0 Å². The molecule has 1 N–H and O–H groups in total. The fourth-order valence-corrected chi connectivity index (χ4v) is 0.537. The average Bonchev–Trinajstić information content (AvgIpc) is 2.02. The van der Waals surface area contributed by atoms with Gasteiger partial charge in [-0.3, -0.25) is 9.59 Å². The normalized spacial score (nSPS) is 9.00. The van der Waals surface area contributed by atoms with Crippen LogP contribution >= 0.6 is 0 Å². The zero-order valence-electron chi connectivity index (χ0n) is 7.18. The van der Waals surface area contributed by atoms with Crippen LogP contribution in [0.1, 0.15) is 13.3 Å². The topological polar surface area (TPSA) is 49.4 Å². The van der Waals surface area contributed by atoms with E-state index in [-0.39, 0.29) is 18.2 Å². The number of rotatable bonds is 3. The zero-order valence-corrected chi connectivity index (χ0v) is 7.18. The molecule has 0 unspecified atom stereocenters. The molecule has 0 saturated carbocycles. The Kier molecular flexibility index (Phi) is 4.26. The first-order valence-electron chi connectivity index (χ1n) is 3.56. The second-order valence-electron chi connectivity index (χ2n) is 2.26. The van der Waals surface area contributed by atoms with E-state index in [2.05, 4.69) is 5.32 Å². The van der Waals surface area contributed by atoms with E-state index < -0.39 is 0 Å². The van der Waals surface area contributed by atoms with Crippen LogP contribution in [0.4, 0.5) is 0 Å². The Balaban J connectivity index is 3.77. The summed E-state index contributed by atoms with van der Waals surface area (Å²) in [6.45, 7) is 2.50. The quantitative estimate of drug-likeness (QED) is 0.568. The van der Waals surface area contributed by atoms with Gasteiger partial charge in [-0.1, -0.05) is 0 Å². The fraction of sp³-hybridized carbons (Fsp3) is 0.714. The molecule has 4 nitrogen and oxygen atoms in total. The van der Waals surface area contributed by atoms with E-state index in [1.54, 1.807) is 7.05 Å². The first-order chi connectivity index (χ1) is 5.11. The smallest absolute Gasteiger partial charge is 0.231 e. The minimum absolute atomic E-state index is 0.0547. The molecule has 64 valence electrons. The molecule has 11 heavy (non-hydrogen) atoms. The second-order valence-corrected chi connectivity index (χ2v) is 2.26. The highest BCUT2D eigenvalue weighted by Crippen LogP contribution is 1.88. The van der Waals surface area contributed by atoms with Crippen molar-refractivity contribution in [1.29, 1.82) is 0 Å². The third-order valence-electron chi connectivity index (χ3n) is 1.49. The Morgan fingerprint density at radius 1 is 1.45 bits per heavy atom. The lowest BCUT2D eigenvalue weighted by Crippen LogP contribution is -2.31. The third kappa shape index (κ3) is 3.60. The lowest BCUT2D eigenvalue weighted by atomic mass is 10.3. The molecule has 0 rings (SSSR count). The molecule has 0 fully saturated rings. The predicted molar refractivity (Wildman–Crippen MR) is 42.0 cm³/mol. The van der Waals surface area contributed by atoms with Gasteiger partial charge in [0.15, 0.2) is 0 Å². The summed E-state index contributed by atoms with van der Waals surface area (Å²) in [4.78, 5) is 23.2. The van der Waals surface area contributed by atoms with Crippen molar-refractivity contribution in [3.8, 4) is 0 Å². The van der Waals surface area contributed by atoms with E-state index in [1.165, 1.54) is 11.9 Å². The number of nitrogens with one attached hydrogen (secondary N) is 1. The molecule has 0 aromatic carbocycles. The van der Waals surface area contributed by atoms with Crippen molar-refractivity contribution >= 4 is 11.8 Å². The van der Waals surface area contributed by atoms with Crippen LogP contribution in [0, 0.1) is 0 Å². The highest BCUT2D eigenvalue weighted by atomic mass is 16.2. The molecule has 0 aliphatic heterocycles. The average molecular weight is 158 g/mol. The first kappa shape index (κ1) is 9.94. The minimum Gasteiger partial charge on any atom is -0.359 e. The maximum atomic E-state index is 11.0. The Morgan fingerprint density at radius 3 is 2.36 bits per heavy atom. The van der Waals surface area contributed by atoms with Gasteiger partial charge in [-0.15, -0.1) is 0 Å². The Hall–Kier alpha value is -1.06. The Labute approximate surface area is 66.6 Å². The van der Waals surface area contributed by atoms with Crippen LogP contribution < -0.4 is 5.32 Å². The molecule has 0 atom stereocenters. The summed E-state index contributed by atoms with van der Waals surface area (Å²) in [5.74, 6) is -0.387. The van der Waals surface area contributed by atoms with Crippen LogP contribution in [0.25, 0.3) is 0 Å². The SMILES string of the molecule is CCN(C)C(=O)CC(=O)NC. The van der Waals surface area contributed by atoms with Gasteiger partial charge in [0.2, 0.25) is 11.8 Å². The highest BCUT2D eigenvalue weighted by Gasteiger charge is 2.10. The molecule has 4 heteroatoms. The molecule has 0 heterocycles. The molecule has 0 aliphatic rings. The number of hydrogen-bond acceptors (Lipinski definition) is 2. The first-order valence-corrected chi connectivity index (χ1v) is 3.56. The van der Waals surface area contributed by atoms with Gasteiger partial charge in [-0.05, 0) is 6.92 Å². The summed E-state index contributed by atoms with van der Waals surface area (Å²) < 4.78 is 0. The molecule has 0 aromatic rings. The van der Waals surface area contributed by atoms with E-state index in [0.717, 1.165) is 0 Å². The lowest BCUT2D eigenvalue weighted by Gasteiger charge is -2.12. The second kappa shape index (κ2) is 4.71. The standard InChI is InChI=1S/C7H14N2O2/c1-4-9(3)7(11)5-6(10)8-2/h4-5H2,1-3H3,(H,8,10). The zero-order chi connectivity index (χ0) is 8.85. The summed E-state index contributed by atoms with van der Waals surface area (Å²) in [6.07, 6.45) is -0.0547. The largest absolute Gasteiger partial charge is 0.359 e. The van der Waals surface area contributed by atoms with Crippen LogP contribution in [0.2, 0.25) is 0 Å². The summed E-state index contributed by atoms with van der Waals surface area (Å²) in [5.41, 5.74) is 0. The van der Waals surface area contributed by atoms with Crippen LogP contribution in [-0.4, -0.2) is 37.4 Å². The van der Waals surface area contributed by atoms with Crippen LogP contribution in [-0.2, 0) is 9.59 Å². The van der Waals surface area contributed by atoms with Crippen molar-refractivity contribution in [2.75, 3.05) is 20.6 Å². The highest BCUT2D eigenvalue weighted by molar-refractivity contribution is 5.96. The van der Waals surface area contributed by atoms with Crippen molar-refractivity contribution in [3.63, 3.8) is 0 Å². The number of nitrogens with zero attached hydrogens (tertiary/aromatic N) is 1. The summed E-state index contributed by atoms with van der Waals surface area (Å²) >= 11 is 0. The van der Waals surface area contributed by atoms with Crippen LogP contribution in [0.5, 0.6) is 0 Å². The van der Waals surface area contributed by atoms with Gasteiger partial charge in [0, 0.05) is 20.6 Å². The molecule has 0 spiro atoms. The van der Waals surface area contributed by atoms with Crippen molar-refractivity contribution in [2.45, 2.75) is 13.3 Å². The molecule has 0 aromatic heterocycles. The Bertz CT molecular complexity index is 157. The summed E-state index contributed by atoms with van der Waals surface area (Å²) in [6, 6.07) is 0. The maximum absolute atomic E-state index is 11.0. The number of carbonyl (C=O) groups is 2. The van der Waals surface area contributed by atoms with Crippen LogP contribution in [0.3, 0.4) is 0 Å². The van der Waals surface area contributed by atoms with Gasteiger partial charge in [-0.2, -0.15) is 0 Å². The number of hydrogen-bond donors (Lipinski definition) is 1. The summed E-state index contributed by atoms with van der Waals surface area (Å²) in [7, 11) is 3.19. The van der Waals surface area contributed by atoms with E-state index >= 15 is 0 Å².